The van der Waals surface area contributed by atoms with Crippen molar-refractivity contribution in [2.45, 2.75) is 32.4 Å². The molecule has 0 N–H and O–H groups in total. The van der Waals surface area contributed by atoms with E-state index < -0.39 is 0 Å². The van der Waals surface area contributed by atoms with Crippen molar-refractivity contribution >= 4 is 5.71 Å². The molecule has 3 aromatic carbocycles. The summed E-state index contributed by atoms with van der Waals surface area (Å²) in [5, 5.41) is 4.50. The van der Waals surface area contributed by atoms with Gasteiger partial charge in [-0.05, 0) is 48.1 Å². The van der Waals surface area contributed by atoms with Crippen LogP contribution in [0.5, 0.6) is 0 Å². The molecule has 168 valence electrons. The maximum atomic E-state index is 5.79. The van der Waals surface area contributed by atoms with Gasteiger partial charge in [0.15, 0.2) is 0 Å². The smallest absolute Gasteiger partial charge is 0.142 e. The molecular formula is C30H27N3O. The van der Waals surface area contributed by atoms with Crippen LogP contribution in [0.3, 0.4) is 0 Å². The maximum Gasteiger partial charge on any atom is 0.142 e. The van der Waals surface area contributed by atoms with Crippen LogP contribution in [0, 0.1) is 17.8 Å². The molecule has 4 aromatic rings. The Hall–Kier alpha value is -4.10. The van der Waals surface area contributed by atoms with E-state index in [2.05, 4.69) is 94.8 Å². The fourth-order valence-electron chi connectivity index (χ4n) is 3.65. The first-order valence-electron chi connectivity index (χ1n) is 11.7. The molecule has 34 heavy (non-hydrogen) atoms. The molecule has 0 saturated heterocycles. The highest BCUT2D eigenvalue weighted by Gasteiger charge is 2.17. The minimum absolute atomic E-state index is 0.421. The Kier molecular flexibility index (Phi) is 6.82. The predicted molar refractivity (Wildman–Crippen MR) is 135 cm³/mol. The molecule has 1 aliphatic rings. The number of nitrogens with zero attached hydrogens (tertiary/aromatic N) is 3. The monoisotopic (exact) mass is 445 g/mol. The van der Waals surface area contributed by atoms with Crippen LogP contribution in [0.1, 0.15) is 40.7 Å². The molecule has 1 aliphatic carbocycles. The first-order chi connectivity index (χ1) is 16.8. The van der Waals surface area contributed by atoms with Gasteiger partial charge >= 0.3 is 0 Å². The average molecular weight is 446 g/mol. The van der Waals surface area contributed by atoms with Crippen LogP contribution in [-0.2, 0) is 24.4 Å². The molecule has 0 spiro atoms. The van der Waals surface area contributed by atoms with E-state index in [-0.39, 0.29) is 0 Å². The second kappa shape index (κ2) is 10.7. The molecule has 0 bridgehead atoms. The summed E-state index contributed by atoms with van der Waals surface area (Å²) in [6.45, 7) is 1.01. The second-order valence-corrected chi connectivity index (χ2v) is 8.65. The molecule has 1 heterocycles. The van der Waals surface area contributed by atoms with Crippen molar-refractivity contribution in [1.82, 2.24) is 9.55 Å². The zero-order chi connectivity index (χ0) is 23.0. The van der Waals surface area contributed by atoms with E-state index in [9.17, 15) is 0 Å². The van der Waals surface area contributed by atoms with E-state index in [0.717, 1.165) is 28.8 Å². The van der Waals surface area contributed by atoms with Crippen molar-refractivity contribution in [2.75, 3.05) is 0 Å². The Labute approximate surface area is 200 Å². The van der Waals surface area contributed by atoms with E-state index in [1.807, 2.05) is 16.8 Å². The topological polar surface area (TPSA) is 39.4 Å². The lowest BCUT2D eigenvalue weighted by Crippen LogP contribution is -2.11. The highest BCUT2D eigenvalue weighted by molar-refractivity contribution is 6.00. The summed E-state index contributed by atoms with van der Waals surface area (Å²) in [6, 6.07) is 27.3. The van der Waals surface area contributed by atoms with Crippen LogP contribution < -0.4 is 0 Å². The third-order valence-electron chi connectivity index (χ3n) is 5.79. The van der Waals surface area contributed by atoms with E-state index >= 15 is 0 Å². The lowest BCUT2D eigenvalue weighted by Gasteiger charge is -2.09. The van der Waals surface area contributed by atoms with Gasteiger partial charge in [-0.25, -0.2) is 4.98 Å². The number of hydrogen-bond donors (Lipinski definition) is 0. The van der Waals surface area contributed by atoms with Gasteiger partial charge in [-0.15, -0.1) is 0 Å². The van der Waals surface area contributed by atoms with Crippen LogP contribution in [0.4, 0.5) is 0 Å². The highest BCUT2D eigenvalue weighted by atomic mass is 16.6. The molecule has 0 radical (unpaired) electrons. The van der Waals surface area contributed by atoms with Crippen molar-refractivity contribution in [2.24, 2.45) is 11.1 Å². The number of oxime groups is 1. The van der Waals surface area contributed by atoms with E-state index in [1.54, 1.807) is 12.5 Å². The fraction of sp³-hybridized carbons (Fsp3) is 0.200. The van der Waals surface area contributed by atoms with E-state index in [0.29, 0.717) is 19.1 Å². The van der Waals surface area contributed by atoms with Gasteiger partial charge in [0.1, 0.15) is 12.3 Å². The lowest BCUT2D eigenvalue weighted by atomic mass is 10.0. The highest BCUT2D eigenvalue weighted by Crippen LogP contribution is 2.27. The molecule has 0 unspecified atom stereocenters. The summed E-state index contributed by atoms with van der Waals surface area (Å²) in [5.41, 5.74) is 6.58. The molecule has 4 heteroatoms. The summed E-state index contributed by atoms with van der Waals surface area (Å²) in [7, 11) is 0. The summed E-state index contributed by atoms with van der Waals surface area (Å²) in [5.74, 6) is 7.17. The Balaban J connectivity index is 1.24. The second-order valence-electron chi connectivity index (χ2n) is 8.65. The lowest BCUT2D eigenvalue weighted by molar-refractivity contribution is 0.130. The molecular weight excluding hydrogens is 418 g/mol. The van der Waals surface area contributed by atoms with Crippen molar-refractivity contribution in [3.8, 4) is 11.8 Å². The molecule has 5 rings (SSSR count). The number of benzene rings is 3. The Bertz CT molecular complexity index is 1280. The zero-order valence-electron chi connectivity index (χ0n) is 19.1. The van der Waals surface area contributed by atoms with Crippen LogP contribution in [0.25, 0.3) is 0 Å². The van der Waals surface area contributed by atoms with E-state index in [1.165, 1.54) is 24.0 Å². The summed E-state index contributed by atoms with van der Waals surface area (Å²) in [6.07, 6.45) is 8.88. The van der Waals surface area contributed by atoms with Gasteiger partial charge in [0.25, 0.3) is 0 Å². The number of rotatable bonds is 8. The minimum atomic E-state index is 0.421. The summed E-state index contributed by atoms with van der Waals surface area (Å²) >= 11 is 0. The normalized spacial score (nSPS) is 13.2. The van der Waals surface area contributed by atoms with Crippen LogP contribution in [0.2, 0.25) is 0 Å². The van der Waals surface area contributed by atoms with Crippen molar-refractivity contribution in [3.05, 3.63) is 125 Å². The third-order valence-corrected chi connectivity index (χ3v) is 5.79. The molecule has 0 aliphatic heterocycles. The van der Waals surface area contributed by atoms with Crippen LogP contribution in [-0.4, -0.2) is 15.3 Å². The predicted octanol–water partition coefficient (Wildman–Crippen LogP) is 5.86. The van der Waals surface area contributed by atoms with Crippen LogP contribution >= 0.6 is 0 Å². The molecule has 4 nitrogen and oxygen atoms in total. The number of aromatic nitrogens is 2. The van der Waals surface area contributed by atoms with E-state index in [4.69, 9.17) is 4.84 Å². The Morgan fingerprint density at radius 1 is 0.912 bits per heavy atom. The van der Waals surface area contributed by atoms with Gasteiger partial charge in [-0.3, -0.25) is 0 Å². The van der Waals surface area contributed by atoms with Gasteiger partial charge in [0.2, 0.25) is 0 Å². The molecule has 0 amide bonds. The van der Waals surface area contributed by atoms with Gasteiger partial charge in [-0.2, -0.15) is 0 Å². The molecule has 1 fully saturated rings. The SMILES string of the molecule is C(#CC1CC1)c1ccc(C(Cn2ccnc2)=NOCc2ccc(Cc3ccccc3)cc2)cc1. The van der Waals surface area contributed by atoms with Gasteiger partial charge in [0.05, 0.1) is 12.9 Å². The van der Waals surface area contributed by atoms with Crippen molar-refractivity contribution in [3.63, 3.8) is 0 Å². The van der Waals surface area contributed by atoms with Gasteiger partial charge < -0.3 is 9.40 Å². The molecule has 1 aromatic heterocycles. The summed E-state index contributed by atoms with van der Waals surface area (Å²) in [4.78, 5) is 9.93. The summed E-state index contributed by atoms with van der Waals surface area (Å²) < 4.78 is 1.99. The van der Waals surface area contributed by atoms with Crippen LogP contribution in [0.15, 0.2) is 103 Å². The third kappa shape index (κ3) is 6.24. The molecule has 1 saturated carbocycles. The zero-order valence-corrected chi connectivity index (χ0v) is 19.1. The standard InChI is InChI=1S/C30H27N3O/c1-2-4-26(5-3-1)20-27-10-12-28(13-11-27)22-34-32-30(21-33-19-18-31-23-33)29-16-14-25(15-17-29)9-8-24-6-7-24/h1-5,10-19,23-24H,6-7,20-22H2. The number of hydrogen-bond acceptors (Lipinski definition) is 3. The van der Waals surface area contributed by atoms with Gasteiger partial charge in [0, 0.05) is 29.4 Å². The molecule has 0 atom stereocenters. The van der Waals surface area contributed by atoms with Crippen molar-refractivity contribution < 1.29 is 4.84 Å². The maximum absolute atomic E-state index is 5.79. The average Bonchev–Trinajstić information content (AvgIpc) is 3.57. The first kappa shape index (κ1) is 21.7. The Morgan fingerprint density at radius 2 is 1.65 bits per heavy atom. The fourth-order valence-corrected chi connectivity index (χ4v) is 3.65. The Morgan fingerprint density at radius 3 is 2.35 bits per heavy atom. The number of imidazole rings is 1. The van der Waals surface area contributed by atoms with Crippen molar-refractivity contribution in [1.29, 1.82) is 0 Å². The quantitative estimate of drug-likeness (QED) is 0.194. The first-order valence-corrected chi connectivity index (χ1v) is 11.7. The minimum Gasteiger partial charge on any atom is -0.391 e. The van der Waals surface area contributed by atoms with Gasteiger partial charge in [-0.1, -0.05) is 83.7 Å². The largest absolute Gasteiger partial charge is 0.391 e.